The Morgan fingerprint density at radius 1 is 0.543 bits per heavy atom. The molecule has 0 heterocycles. The molecule has 0 aromatic heterocycles. The lowest BCUT2D eigenvalue weighted by Gasteiger charge is -2.19. The van der Waals surface area contributed by atoms with Gasteiger partial charge in [0.1, 0.15) is 0 Å². The van der Waals surface area contributed by atoms with E-state index in [4.69, 9.17) is 0 Å². The summed E-state index contributed by atoms with van der Waals surface area (Å²) in [6.45, 7) is 12.5. The highest BCUT2D eigenvalue weighted by Crippen LogP contribution is 2.23. The van der Waals surface area contributed by atoms with E-state index in [0.717, 1.165) is 11.1 Å². The lowest BCUT2D eigenvalue weighted by Crippen LogP contribution is -2.42. The van der Waals surface area contributed by atoms with Crippen molar-refractivity contribution in [1.29, 1.82) is 0 Å². The van der Waals surface area contributed by atoms with Gasteiger partial charge in [-0.05, 0) is 52.6 Å². The number of rotatable bonds is 6. The molecule has 0 bridgehead atoms. The van der Waals surface area contributed by atoms with Gasteiger partial charge in [0.2, 0.25) is 11.8 Å². The van der Waals surface area contributed by atoms with Crippen LogP contribution in [0.25, 0.3) is 0 Å². The van der Waals surface area contributed by atoms with E-state index in [1.807, 2.05) is 24.3 Å². The summed E-state index contributed by atoms with van der Waals surface area (Å²) in [6, 6.07) is 14.4. The molecule has 0 saturated heterocycles. The third-order valence-corrected chi connectivity index (χ3v) is 5.46. The Balaban J connectivity index is 1.67. The molecule has 0 radical (unpaired) electrons. The van der Waals surface area contributed by atoms with Crippen LogP contribution in [0.15, 0.2) is 48.5 Å². The van der Waals surface area contributed by atoms with Crippen LogP contribution in [0.2, 0.25) is 0 Å². The van der Waals surface area contributed by atoms with Crippen molar-refractivity contribution in [1.82, 2.24) is 21.7 Å². The maximum atomic E-state index is 12.2. The Hall–Kier alpha value is -3.68. The van der Waals surface area contributed by atoms with E-state index >= 15 is 0 Å². The topological polar surface area (TPSA) is 116 Å². The van der Waals surface area contributed by atoms with Crippen LogP contribution in [0, 0.1) is 0 Å². The molecule has 2 rings (SSSR count). The smallest absolute Gasteiger partial charge is 0.269 e. The molecule has 8 nitrogen and oxygen atoms in total. The van der Waals surface area contributed by atoms with Crippen molar-refractivity contribution in [2.75, 3.05) is 0 Å². The van der Waals surface area contributed by atoms with Crippen LogP contribution >= 0.6 is 0 Å². The first-order valence-corrected chi connectivity index (χ1v) is 11.7. The summed E-state index contributed by atoms with van der Waals surface area (Å²) in [5, 5.41) is 0. The molecule has 0 spiro atoms. The number of hydrogen-bond acceptors (Lipinski definition) is 4. The van der Waals surface area contributed by atoms with Gasteiger partial charge in [0.15, 0.2) is 0 Å². The van der Waals surface area contributed by atoms with E-state index in [-0.39, 0.29) is 30.1 Å². The van der Waals surface area contributed by atoms with Crippen LogP contribution < -0.4 is 21.7 Å². The van der Waals surface area contributed by atoms with Crippen LogP contribution in [0.1, 0.15) is 92.6 Å². The fourth-order valence-electron chi connectivity index (χ4n) is 3.17. The quantitative estimate of drug-likeness (QED) is 0.472. The van der Waals surface area contributed by atoms with Crippen molar-refractivity contribution in [2.45, 2.75) is 71.6 Å². The first-order chi connectivity index (χ1) is 16.3. The van der Waals surface area contributed by atoms with Crippen molar-refractivity contribution in [3.8, 4) is 0 Å². The maximum Gasteiger partial charge on any atom is 0.269 e. The van der Waals surface area contributed by atoms with Crippen LogP contribution in [0.5, 0.6) is 0 Å². The zero-order valence-electron chi connectivity index (χ0n) is 21.4. The summed E-state index contributed by atoms with van der Waals surface area (Å²) in [4.78, 5) is 48.3. The molecule has 2 aromatic rings. The lowest BCUT2D eigenvalue weighted by atomic mass is 9.87. The standard InChI is InChI=1S/C27H36N4O4/c1-26(2,3)20-14-10-18(11-15-20)24(34)30-28-22(32)8-7-9-23(33)29-31-25(35)19-12-16-21(17-13-19)27(4,5)6/h10-17H,7-9H2,1-6H3,(H,28,32)(H,29,33)(H,30,34)(H,31,35). The van der Waals surface area contributed by atoms with Crippen LogP contribution in [-0.4, -0.2) is 23.6 Å². The molecule has 0 fully saturated rings. The molecule has 0 atom stereocenters. The van der Waals surface area contributed by atoms with Crippen molar-refractivity contribution < 1.29 is 19.2 Å². The third kappa shape index (κ3) is 8.88. The Labute approximate surface area is 207 Å². The number of amides is 4. The van der Waals surface area contributed by atoms with Crippen LogP contribution in [0.3, 0.4) is 0 Å². The van der Waals surface area contributed by atoms with Gasteiger partial charge in [-0.25, -0.2) is 0 Å². The summed E-state index contributed by atoms with van der Waals surface area (Å²) in [5.41, 5.74) is 12.5. The molecule has 188 valence electrons. The summed E-state index contributed by atoms with van der Waals surface area (Å²) in [6.07, 6.45) is 0.335. The molecule has 8 heteroatoms. The highest BCUT2D eigenvalue weighted by molar-refractivity contribution is 5.96. The number of carbonyl (C=O) groups excluding carboxylic acids is 4. The largest absolute Gasteiger partial charge is 0.273 e. The maximum absolute atomic E-state index is 12.2. The van der Waals surface area contributed by atoms with Gasteiger partial charge < -0.3 is 0 Å². The van der Waals surface area contributed by atoms with E-state index < -0.39 is 23.6 Å². The molecule has 0 aliphatic carbocycles. The predicted molar refractivity (Wildman–Crippen MR) is 135 cm³/mol. The van der Waals surface area contributed by atoms with E-state index in [2.05, 4.69) is 63.2 Å². The van der Waals surface area contributed by atoms with E-state index in [1.54, 1.807) is 24.3 Å². The van der Waals surface area contributed by atoms with E-state index in [1.165, 1.54) is 0 Å². The average Bonchev–Trinajstić information content (AvgIpc) is 2.80. The second kappa shape index (κ2) is 11.6. The summed E-state index contributed by atoms with van der Waals surface area (Å²) < 4.78 is 0. The molecule has 0 unspecified atom stereocenters. The zero-order valence-corrected chi connectivity index (χ0v) is 21.4. The van der Waals surface area contributed by atoms with Crippen molar-refractivity contribution in [3.05, 3.63) is 70.8 Å². The number of carbonyl (C=O) groups is 4. The zero-order chi connectivity index (χ0) is 26.2. The van der Waals surface area contributed by atoms with E-state index in [0.29, 0.717) is 11.1 Å². The van der Waals surface area contributed by atoms with Crippen molar-refractivity contribution in [3.63, 3.8) is 0 Å². The van der Waals surface area contributed by atoms with Crippen molar-refractivity contribution in [2.24, 2.45) is 0 Å². The predicted octanol–water partition coefficient (Wildman–Crippen LogP) is 3.67. The second-order valence-corrected chi connectivity index (χ2v) is 10.5. The fraction of sp³-hybridized carbons (Fsp3) is 0.407. The Morgan fingerprint density at radius 2 is 0.857 bits per heavy atom. The highest BCUT2D eigenvalue weighted by Gasteiger charge is 2.16. The van der Waals surface area contributed by atoms with Gasteiger partial charge in [0.25, 0.3) is 11.8 Å². The molecular formula is C27H36N4O4. The van der Waals surface area contributed by atoms with Gasteiger partial charge in [-0.15, -0.1) is 0 Å². The molecule has 4 amide bonds. The molecular weight excluding hydrogens is 444 g/mol. The monoisotopic (exact) mass is 480 g/mol. The summed E-state index contributed by atoms with van der Waals surface area (Å²) in [5.74, 6) is -1.68. The molecule has 0 aliphatic rings. The fourth-order valence-corrected chi connectivity index (χ4v) is 3.17. The molecule has 35 heavy (non-hydrogen) atoms. The third-order valence-electron chi connectivity index (χ3n) is 5.46. The van der Waals surface area contributed by atoms with Gasteiger partial charge in [0.05, 0.1) is 0 Å². The minimum absolute atomic E-state index is 0.0178. The molecule has 4 N–H and O–H groups in total. The molecule has 0 saturated carbocycles. The first kappa shape index (κ1) is 27.6. The van der Waals surface area contributed by atoms with Crippen molar-refractivity contribution >= 4 is 23.6 Å². The van der Waals surface area contributed by atoms with Gasteiger partial charge in [-0.2, -0.15) is 0 Å². The van der Waals surface area contributed by atoms with Gasteiger partial charge in [-0.3, -0.25) is 40.9 Å². The highest BCUT2D eigenvalue weighted by atomic mass is 16.2. The minimum Gasteiger partial charge on any atom is -0.273 e. The average molecular weight is 481 g/mol. The van der Waals surface area contributed by atoms with Crippen LogP contribution in [-0.2, 0) is 20.4 Å². The Bertz CT molecular complexity index is 961. The number of nitrogens with one attached hydrogen (secondary N) is 4. The minimum atomic E-state index is -0.421. The van der Waals surface area contributed by atoms with Crippen LogP contribution in [0.4, 0.5) is 0 Å². The second-order valence-electron chi connectivity index (χ2n) is 10.5. The summed E-state index contributed by atoms with van der Waals surface area (Å²) >= 11 is 0. The number of benzene rings is 2. The van der Waals surface area contributed by atoms with E-state index in [9.17, 15) is 19.2 Å². The lowest BCUT2D eigenvalue weighted by molar-refractivity contribution is -0.123. The SMILES string of the molecule is CC(C)(C)c1ccc(C(=O)NNC(=O)CCCC(=O)NNC(=O)c2ccc(C(C)(C)C)cc2)cc1. The van der Waals surface area contributed by atoms with Gasteiger partial charge >= 0.3 is 0 Å². The Morgan fingerprint density at radius 3 is 1.14 bits per heavy atom. The van der Waals surface area contributed by atoms with Gasteiger partial charge in [-0.1, -0.05) is 65.8 Å². The molecule has 0 aliphatic heterocycles. The number of hydrazine groups is 2. The number of hydrogen-bond donors (Lipinski definition) is 4. The normalized spacial score (nSPS) is 11.4. The first-order valence-electron chi connectivity index (χ1n) is 11.7. The Kier molecular flexibility index (Phi) is 9.17. The van der Waals surface area contributed by atoms with Gasteiger partial charge in [0, 0.05) is 24.0 Å². The molecule has 2 aromatic carbocycles. The summed E-state index contributed by atoms with van der Waals surface area (Å²) in [7, 11) is 0.